The molecule has 2 aromatic rings. The summed E-state index contributed by atoms with van der Waals surface area (Å²) in [5.74, 6) is 1.34. The molecule has 0 bridgehead atoms. The number of ether oxygens (including phenoxy) is 2. The van der Waals surface area contributed by atoms with Crippen LogP contribution >= 0.6 is 27.5 Å². The average molecular weight is 374 g/mol. The molecule has 1 aromatic carbocycles. The maximum Gasteiger partial charge on any atom is 0.165 e. The van der Waals surface area contributed by atoms with E-state index in [1.807, 2.05) is 23.7 Å². The first-order chi connectivity index (χ1) is 10.1. The van der Waals surface area contributed by atoms with E-state index in [-0.39, 0.29) is 0 Å². The summed E-state index contributed by atoms with van der Waals surface area (Å²) in [4.78, 5) is 0. The van der Waals surface area contributed by atoms with Crippen molar-refractivity contribution in [3.05, 3.63) is 40.2 Å². The first kappa shape index (κ1) is 16.2. The minimum Gasteiger partial charge on any atom is -0.493 e. The number of rotatable bonds is 6. The molecule has 0 radical (unpaired) electrons. The van der Waals surface area contributed by atoms with Crippen LogP contribution in [-0.4, -0.2) is 16.9 Å². The van der Waals surface area contributed by atoms with Crippen LogP contribution in [0.3, 0.4) is 0 Å². The predicted molar refractivity (Wildman–Crippen MR) is 87.6 cm³/mol. The second-order valence-corrected chi connectivity index (χ2v) is 5.61. The summed E-state index contributed by atoms with van der Waals surface area (Å²) in [5.41, 5.74) is 2.98. The largest absolute Gasteiger partial charge is 0.493 e. The van der Waals surface area contributed by atoms with Gasteiger partial charge in [0.05, 0.1) is 18.5 Å². The Bertz CT molecular complexity index is 603. The molecule has 0 atom stereocenters. The lowest BCUT2D eigenvalue weighted by Gasteiger charge is -2.15. The van der Waals surface area contributed by atoms with Gasteiger partial charge in [-0.05, 0) is 26.0 Å². The minimum atomic E-state index is 0.437. The number of benzene rings is 1. The van der Waals surface area contributed by atoms with Gasteiger partial charge in [-0.25, -0.2) is 0 Å². The Labute approximate surface area is 138 Å². The van der Waals surface area contributed by atoms with Gasteiger partial charge in [-0.2, -0.15) is 5.10 Å². The van der Waals surface area contributed by atoms with E-state index < -0.39 is 0 Å². The fourth-order valence-electron chi connectivity index (χ4n) is 2.17. The Morgan fingerprint density at radius 3 is 2.71 bits per heavy atom. The Morgan fingerprint density at radius 2 is 2.10 bits per heavy atom. The lowest BCUT2D eigenvalue weighted by Crippen LogP contribution is -2.07. The van der Waals surface area contributed by atoms with Crippen LogP contribution in [0.1, 0.15) is 23.9 Å². The third-order valence-corrected chi connectivity index (χ3v) is 3.93. The van der Waals surface area contributed by atoms with E-state index in [1.165, 1.54) is 0 Å². The lowest BCUT2D eigenvalue weighted by molar-refractivity contribution is 0.272. The molecule has 1 aromatic heterocycles. The van der Waals surface area contributed by atoms with Crippen LogP contribution in [0.25, 0.3) is 0 Å². The molecule has 0 unspecified atom stereocenters. The maximum atomic E-state index is 6.08. The third-order valence-electron chi connectivity index (χ3n) is 3.11. The maximum absolute atomic E-state index is 6.08. The number of halogens is 2. The molecule has 0 fully saturated rings. The van der Waals surface area contributed by atoms with E-state index in [1.54, 1.807) is 13.2 Å². The summed E-state index contributed by atoms with van der Waals surface area (Å²) in [6.07, 6.45) is 0. The number of methoxy groups -OCH3 is 1. The Balaban J connectivity index is 2.26. The second-order valence-electron chi connectivity index (χ2n) is 4.61. The standard InChI is InChI=1S/C15H18BrClN2O2/c1-4-19-13(5-10(2)18-19)9-21-15-11(8-16)6-12(17)7-14(15)20-3/h5-7H,4,8-9H2,1-3H3. The van der Waals surface area contributed by atoms with Gasteiger partial charge in [0.2, 0.25) is 0 Å². The first-order valence-electron chi connectivity index (χ1n) is 6.67. The van der Waals surface area contributed by atoms with Crippen molar-refractivity contribution in [3.63, 3.8) is 0 Å². The summed E-state index contributed by atoms with van der Waals surface area (Å²) in [6.45, 7) is 5.29. The van der Waals surface area contributed by atoms with Crippen molar-refractivity contribution in [1.29, 1.82) is 0 Å². The van der Waals surface area contributed by atoms with Gasteiger partial charge in [-0.3, -0.25) is 4.68 Å². The molecule has 0 aliphatic heterocycles. The molecule has 0 saturated heterocycles. The van der Waals surface area contributed by atoms with Crippen molar-refractivity contribution in [3.8, 4) is 11.5 Å². The van der Waals surface area contributed by atoms with E-state index in [0.29, 0.717) is 28.5 Å². The quantitative estimate of drug-likeness (QED) is 0.706. The van der Waals surface area contributed by atoms with Gasteiger partial charge >= 0.3 is 0 Å². The van der Waals surface area contributed by atoms with Gasteiger partial charge in [0, 0.05) is 28.5 Å². The highest BCUT2D eigenvalue weighted by Crippen LogP contribution is 2.36. The topological polar surface area (TPSA) is 36.3 Å². The summed E-state index contributed by atoms with van der Waals surface area (Å²) >= 11 is 9.53. The lowest BCUT2D eigenvalue weighted by atomic mass is 10.2. The van der Waals surface area contributed by atoms with Crippen molar-refractivity contribution >= 4 is 27.5 Å². The molecular weight excluding hydrogens is 356 g/mol. The third kappa shape index (κ3) is 3.71. The van der Waals surface area contributed by atoms with Crippen LogP contribution in [0.4, 0.5) is 0 Å². The molecule has 2 rings (SSSR count). The van der Waals surface area contributed by atoms with Crippen molar-refractivity contribution in [2.45, 2.75) is 32.3 Å². The zero-order valence-corrected chi connectivity index (χ0v) is 14.7. The van der Waals surface area contributed by atoms with Crippen LogP contribution in [0.5, 0.6) is 11.5 Å². The van der Waals surface area contributed by atoms with E-state index >= 15 is 0 Å². The van der Waals surface area contributed by atoms with Crippen LogP contribution < -0.4 is 9.47 Å². The summed E-state index contributed by atoms with van der Waals surface area (Å²) in [7, 11) is 1.61. The zero-order chi connectivity index (χ0) is 15.4. The summed E-state index contributed by atoms with van der Waals surface area (Å²) in [5, 5.41) is 5.69. The van der Waals surface area contributed by atoms with Gasteiger partial charge in [-0.1, -0.05) is 27.5 Å². The first-order valence-corrected chi connectivity index (χ1v) is 8.17. The molecule has 6 heteroatoms. The Kier molecular flexibility index (Phi) is 5.53. The number of hydrogen-bond acceptors (Lipinski definition) is 3. The molecule has 0 aliphatic carbocycles. The Hall–Kier alpha value is -1.20. The van der Waals surface area contributed by atoms with Gasteiger partial charge in [-0.15, -0.1) is 0 Å². The van der Waals surface area contributed by atoms with Crippen molar-refractivity contribution < 1.29 is 9.47 Å². The van der Waals surface area contributed by atoms with Gasteiger partial charge in [0.25, 0.3) is 0 Å². The van der Waals surface area contributed by atoms with Gasteiger partial charge in [0.1, 0.15) is 6.61 Å². The number of hydrogen-bond donors (Lipinski definition) is 0. The van der Waals surface area contributed by atoms with Crippen LogP contribution in [0.15, 0.2) is 18.2 Å². The fraction of sp³-hybridized carbons (Fsp3) is 0.400. The molecule has 1 heterocycles. The number of aryl methyl sites for hydroxylation is 2. The second kappa shape index (κ2) is 7.18. The summed E-state index contributed by atoms with van der Waals surface area (Å²) in [6, 6.07) is 5.65. The number of aromatic nitrogens is 2. The predicted octanol–water partition coefficient (Wildman–Crippen LogP) is 4.35. The normalized spacial score (nSPS) is 10.7. The molecule has 0 N–H and O–H groups in total. The van der Waals surface area contributed by atoms with E-state index in [9.17, 15) is 0 Å². The van der Waals surface area contributed by atoms with Gasteiger partial charge in [0.15, 0.2) is 11.5 Å². The zero-order valence-electron chi connectivity index (χ0n) is 12.3. The van der Waals surface area contributed by atoms with E-state index in [0.717, 1.165) is 23.5 Å². The van der Waals surface area contributed by atoms with E-state index in [2.05, 4.69) is 28.0 Å². The summed E-state index contributed by atoms with van der Waals surface area (Å²) < 4.78 is 13.3. The molecule has 0 aliphatic rings. The molecule has 21 heavy (non-hydrogen) atoms. The van der Waals surface area contributed by atoms with Crippen LogP contribution in [-0.2, 0) is 18.5 Å². The average Bonchev–Trinajstić information content (AvgIpc) is 2.84. The Morgan fingerprint density at radius 1 is 1.33 bits per heavy atom. The molecule has 0 spiro atoms. The minimum absolute atomic E-state index is 0.437. The smallest absolute Gasteiger partial charge is 0.165 e. The monoisotopic (exact) mass is 372 g/mol. The molecule has 4 nitrogen and oxygen atoms in total. The molecule has 0 amide bonds. The van der Waals surface area contributed by atoms with Crippen molar-refractivity contribution in [2.24, 2.45) is 0 Å². The van der Waals surface area contributed by atoms with Gasteiger partial charge < -0.3 is 9.47 Å². The number of alkyl halides is 1. The molecule has 114 valence electrons. The van der Waals surface area contributed by atoms with Crippen molar-refractivity contribution in [1.82, 2.24) is 9.78 Å². The van der Waals surface area contributed by atoms with E-state index in [4.69, 9.17) is 21.1 Å². The highest BCUT2D eigenvalue weighted by Gasteiger charge is 2.14. The molecule has 0 saturated carbocycles. The van der Waals surface area contributed by atoms with Crippen LogP contribution in [0, 0.1) is 6.92 Å². The number of nitrogens with zero attached hydrogens (tertiary/aromatic N) is 2. The highest BCUT2D eigenvalue weighted by atomic mass is 79.9. The van der Waals surface area contributed by atoms with Crippen LogP contribution in [0.2, 0.25) is 5.02 Å². The highest BCUT2D eigenvalue weighted by molar-refractivity contribution is 9.08. The SMILES string of the molecule is CCn1nc(C)cc1COc1c(CBr)cc(Cl)cc1OC. The molecular formula is C15H18BrClN2O2. The van der Waals surface area contributed by atoms with Crippen molar-refractivity contribution in [2.75, 3.05) is 7.11 Å². The fourth-order valence-corrected chi connectivity index (χ4v) is 2.82.